The predicted molar refractivity (Wildman–Crippen MR) is 71.8 cm³/mol. The van der Waals surface area contributed by atoms with Crippen LogP contribution < -0.4 is 10.6 Å². The second-order valence-corrected chi connectivity index (χ2v) is 5.41. The van der Waals surface area contributed by atoms with E-state index in [1.54, 1.807) is 0 Å². The highest BCUT2D eigenvalue weighted by molar-refractivity contribution is 5.84. The molecule has 0 rings (SSSR count). The van der Waals surface area contributed by atoms with Crippen molar-refractivity contribution in [2.75, 3.05) is 13.1 Å². The Bertz CT molecular complexity index is 313. The Morgan fingerprint density at radius 1 is 1.26 bits per heavy atom. The van der Waals surface area contributed by atoms with Crippen LogP contribution in [0, 0.1) is 4.91 Å². The smallest absolute Gasteiger partial charge is 0.326 e. The molecule has 0 saturated heterocycles. The Labute approximate surface area is 113 Å². The zero-order valence-corrected chi connectivity index (χ0v) is 11.7. The van der Waals surface area contributed by atoms with Crippen molar-refractivity contribution in [2.45, 2.75) is 51.6 Å². The number of carboxylic acid groups (broad SMARTS) is 1. The number of carboxylic acids is 1. The van der Waals surface area contributed by atoms with Gasteiger partial charge in [0, 0.05) is 5.54 Å². The fourth-order valence-corrected chi connectivity index (χ4v) is 1.37. The van der Waals surface area contributed by atoms with E-state index in [-0.39, 0.29) is 24.5 Å². The van der Waals surface area contributed by atoms with Crippen molar-refractivity contribution in [1.29, 1.82) is 0 Å². The van der Waals surface area contributed by atoms with E-state index in [2.05, 4.69) is 15.8 Å². The SMILES string of the molecule is CC(C)(C)NCC(=O)NC(CCCCN=O)C(=O)O. The van der Waals surface area contributed by atoms with Crippen molar-refractivity contribution in [3.63, 3.8) is 0 Å². The summed E-state index contributed by atoms with van der Waals surface area (Å²) in [6.07, 6.45) is 1.37. The minimum atomic E-state index is -1.07. The van der Waals surface area contributed by atoms with Gasteiger partial charge in [-0.05, 0) is 40.0 Å². The molecule has 1 unspecified atom stereocenters. The summed E-state index contributed by atoms with van der Waals surface area (Å²) in [6.45, 7) is 6.00. The predicted octanol–water partition coefficient (Wildman–Crippen LogP) is 0.881. The molecule has 0 fully saturated rings. The van der Waals surface area contributed by atoms with Crippen LogP contribution in [0.3, 0.4) is 0 Å². The minimum Gasteiger partial charge on any atom is -0.480 e. The van der Waals surface area contributed by atoms with Crippen molar-refractivity contribution in [2.24, 2.45) is 5.18 Å². The van der Waals surface area contributed by atoms with Crippen LogP contribution in [0.15, 0.2) is 5.18 Å². The monoisotopic (exact) mass is 273 g/mol. The highest BCUT2D eigenvalue weighted by atomic mass is 16.4. The maximum atomic E-state index is 11.6. The number of rotatable bonds is 9. The van der Waals surface area contributed by atoms with Crippen molar-refractivity contribution < 1.29 is 14.7 Å². The van der Waals surface area contributed by atoms with Crippen LogP contribution in [-0.4, -0.2) is 41.7 Å². The lowest BCUT2D eigenvalue weighted by Crippen LogP contribution is -2.48. The summed E-state index contributed by atoms with van der Waals surface area (Å²) in [7, 11) is 0. The summed E-state index contributed by atoms with van der Waals surface area (Å²) in [5.41, 5.74) is -0.203. The topological polar surface area (TPSA) is 108 Å². The van der Waals surface area contributed by atoms with E-state index in [0.717, 1.165) is 0 Å². The van der Waals surface area contributed by atoms with Crippen LogP contribution in [0.2, 0.25) is 0 Å². The lowest BCUT2D eigenvalue weighted by molar-refractivity contribution is -0.141. The lowest BCUT2D eigenvalue weighted by Gasteiger charge is -2.21. The molecule has 0 aromatic carbocycles. The third-order valence-electron chi connectivity index (χ3n) is 2.40. The zero-order chi connectivity index (χ0) is 14.9. The summed E-state index contributed by atoms with van der Waals surface area (Å²) < 4.78 is 0. The van der Waals surface area contributed by atoms with Crippen LogP contribution in [-0.2, 0) is 9.59 Å². The third-order valence-corrected chi connectivity index (χ3v) is 2.40. The molecule has 0 aromatic rings. The van der Waals surface area contributed by atoms with Gasteiger partial charge in [-0.15, -0.1) is 0 Å². The van der Waals surface area contributed by atoms with Crippen LogP contribution >= 0.6 is 0 Å². The normalized spacial score (nSPS) is 12.8. The number of carbonyl (C=O) groups is 2. The molecule has 0 aliphatic carbocycles. The summed E-state index contributed by atoms with van der Waals surface area (Å²) in [6, 6.07) is -0.916. The number of carbonyl (C=O) groups excluding carboxylic acids is 1. The lowest BCUT2D eigenvalue weighted by atomic mass is 10.1. The van der Waals surface area contributed by atoms with Gasteiger partial charge in [0.25, 0.3) is 0 Å². The summed E-state index contributed by atoms with van der Waals surface area (Å²) >= 11 is 0. The van der Waals surface area contributed by atoms with E-state index < -0.39 is 12.0 Å². The van der Waals surface area contributed by atoms with E-state index >= 15 is 0 Å². The fourth-order valence-electron chi connectivity index (χ4n) is 1.37. The van der Waals surface area contributed by atoms with Gasteiger partial charge in [-0.25, -0.2) is 4.79 Å². The Morgan fingerprint density at radius 3 is 2.37 bits per heavy atom. The van der Waals surface area contributed by atoms with E-state index in [0.29, 0.717) is 19.3 Å². The molecule has 0 spiro atoms. The van der Waals surface area contributed by atoms with Gasteiger partial charge < -0.3 is 15.7 Å². The first-order valence-electron chi connectivity index (χ1n) is 6.32. The van der Waals surface area contributed by atoms with Crippen molar-refractivity contribution >= 4 is 11.9 Å². The van der Waals surface area contributed by atoms with Gasteiger partial charge in [0.2, 0.25) is 5.91 Å². The molecule has 0 radical (unpaired) electrons. The number of nitrogens with zero attached hydrogens (tertiary/aromatic N) is 1. The third kappa shape index (κ3) is 10.1. The van der Waals surface area contributed by atoms with Gasteiger partial charge in [-0.1, -0.05) is 5.18 Å². The van der Waals surface area contributed by atoms with Gasteiger partial charge in [-0.3, -0.25) is 4.79 Å². The second kappa shape index (κ2) is 8.58. The molecule has 0 heterocycles. The van der Waals surface area contributed by atoms with Crippen molar-refractivity contribution in [3.05, 3.63) is 4.91 Å². The molecule has 0 aliphatic heterocycles. The van der Waals surface area contributed by atoms with Gasteiger partial charge in [-0.2, -0.15) is 4.91 Å². The molecule has 0 aromatic heterocycles. The van der Waals surface area contributed by atoms with Crippen LogP contribution in [0.1, 0.15) is 40.0 Å². The standard InChI is InChI=1S/C12H23N3O4/c1-12(2,3)13-8-10(16)15-9(11(17)18)6-4-5-7-14-19/h9,13H,4-8H2,1-3H3,(H,15,16)(H,17,18). The van der Waals surface area contributed by atoms with Gasteiger partial charge in [0.1, 0.15) is 6.04 Å². The number of aliphatic carboxylic acids is 1. The van der Waals surface area contributed by atoms with E-state index in [9.17, 15) is 14.5 Å². The largest absolute Gasteiger partial charge is 0.480 e. The van der Waals surface area contributed by atoms with E-state index in [1.165, 1.54) is 0 Å². The molecular formula is C12H23N3O4. The number of unbranched alkanes of at least 4 members (excludes halogenated alkanes) is 1. The summed E-state index contributed by atoms with van der Waals surface area (Å²) in [5.74, 6) is -1.42. The maximum Gasteiger partial charge on any atom is 0.326 e. The molecule has 3 N–H and O–H groups in total. The number of hydrogen-bond donors (Lipinski definition) is 3. The average molecular weight is 273 g/mol. The molecule has 0 aliphatic rings. The number of hydrogen-bond acceptors (Lipinski definition) is 5. The zero-order valence-electron chi connectivity index (χ0n) is 11.7. The number of nitroso groups, excluding NO2 is 1. The van der Waals surface area contributed by atoms with Gasteiger partial charge in [0.15, 0.2) is 0 Å². The molecule has 110 valence electrons. The van der Waals surface area contributed by atoms with E-state index in [1.807, 2.05) is 20.8 Å². The molecule has 19 heavy (non-hydrogen) atoms. The molecule has 1 atom stereocenters. The molecule has 0 bridgehead atoms. The van der Waals surface area contributed by atoms with Crippen molar-refractivity contribution in [3.8, 4) is 0 Å². The van der Waals surface area contributed by atoms with Gasteiger partial charge >= 0.3 is 5.97 Å². The summed E-state index contributed by atoms with van der Waals surface area (Å²) in [4.78, 5) is 32.5. The fraction of sp³-hybridized carbons (Fsp3) is 0.833. The first-order valence-corrected chi connectivity index (χ1v) is 6.32. The minimum absolute atomic E-state index is 0.0726. The van der Waals surface area contributed by atoms with Gasteiger partial charge in [0.05, 0.1) is 13.1 Å². The quantitative estimate of drug-likeness (QED) is 0.427. The number of amides is 1. The van der Waals surface area contributed by atoms with Crippen molar-refractivity contribution in [1.82, 2.24) is 10.6 Å². The highest BCUT2D eigenvalue weighted by Gasteiger charge is 2.20. The Hall–Kier alpha value is -1.50. The molecule has 7 heteroatoms. The van der Waals surface area contributed by atoms with Crippen LogP contribution in [0.4, 0.5) is 0 Å². The summed E-state index contributed by atoms with van der Waals surface area (Å²) in [5, 5.41) is 17.1. The second-order valence-electron chi connectivity index (χ2n) is 5.41. The molecule has 7 nitrogen and oxygen atoms in total. The van der Waals surface area contributed by atoms with E-state index in [4.69, 9.17) is 5.11 Å². The molecule has 0 saturated carbocycles. The Kier molecular flexibility index (Phi) is 7.90. The van der Waals surface area contributed by atoms with Crippen LogP contribution in [0.25, 0.3) is 0 Å². The Balaban J connectivity index is 4.08. The molecule has 1 amide bonds. The first-order chi connectivity index (χ1) is 8.76. The highest BCUT2D eigenvalue weighted by Crippen LogP contribution is 2.02. The Morgan fingerprint density at radius 2 is 1.89 bits per heavy atom. The van der Waals surface area contributed by atoms with Crippen LogP contribution in [0.5, 0.6) is 0 Å². The molecular weight excluding hydrogens is 250 g/mol. The first kappa shape index (κ1) is 17.5. The average Bonchev–Trinajstić information content (AvgIpc) is 2.29. The number of nitrogens with one attached hydrogen (secondary N) is 2. The maximum absolute atomic E-state index is 11.6.